The van der Waals surface area contributed by atoms with Crippen molar-refractivity contribution < 1.29 is 23.9 Å². The molecule has 0 unspecified atom stereocenters. The lowest BCUT2D eigenvalue weighted by atomic mass is 9.80. The molecule has 1 saturated heterocycles. The van der Waals surface area contributed by atoms with Crippen molar-refractivity contribution in [3.8, 4) is 0 Å². The zero-order valence-electron chi connectivity index (χ0n) is 13.2. The number of allylic oxidation sites excluding steroid dienone is 1. The molecule has 1 saturated carbocycles. The Kier molecular flexibility index (Phi) is 3.01. The van der Waals surface area contributed by atoms with Gasteiger partial charge in [0.1, 0.15) is 11.2 Å². The SMILES string of the molecule is CC(C)[C@@]12C=C(Br)C(=O)[C@H]3[C@@H]1[C@@]3(C(=O)OC(C)(C)C)C(=O)O2. The number of rotatable bonds is 2. The van der Waals surface area contributed by atoms with Crippen LogP contribution in [0.4, 0.5) is 0 Å². The molecule has 0 N–H and O–H groups in total. The second-order valence-electron chi connectivity index (χ2n) is 7.58. The zero-order valence-corrected chi connectivity index (χ0v) is 14.8. The largest absolute Gasteiger partial charge is 0.459 e. The molecule has 3 rings (SSSR count). The summed E-state index contributed by atoms with van der Waals surface area (Å²) in [6.45, 7) is 9.04. The molecule has 4 atom stereocenters. The van der Waals surface area contributed by atoms with Gasteiger partial charge in [0.15, 0.2) is 11.2 Å². The lowest BCUT2D eigenvalue weighted by molar-refractivity contribution is -0.173. The van der Waals surface area contributed by atoms with Crippen LogP contribution >= 0.6 is 15.9 Å². The normalized spacial score (nSPS) is 39.3. The van der Waals surface area contributed by atoms with Gasteiger partial charge in [0.25, 0.3) is 0 Å². The number of halogens is 1. The van der Waals surface area contributed by atoms with Crippen LogP contribution in [0.3, 0.4) is 0 Å². The highest BCUT2D eigenvalue weighted by atomic mass is 79.9. The Balaban J connectivity index is 2.09. The number of esters is 2. The minimum atomic E-state index is -1.47. The zero-order chi connectivity index (χ0) is 16.7. The summed E-state index contributed by atoms with van der Waals surface area (Å²) in [4.78, 5) is 37.6. The average Bonchev–Trinajstić information content (AvgIpc) is 2.98. The standard InChI is InChI=1S/C16H19BrO5/c1-7(2)15-6-8(17)10(18)9-11(15)16(9,13(20)22-15)12(19)21-14(3,4)5/h6-7,9,11H,1-5H3/t9-,11-,15-,16-/m0/s1. The molecule has 0 amide bonds. The molecular formula is C16H19BrO5. The summed E-state index contributed by atoms with van der Waals surface area (Å²) >= 11 is 3.25. The van der Waals surface area contributed by atoms with Crippen LogP contribution in [0.1, 0.15) is 34.6 Å². The summed E-state index contributed by atoms with van der Waals surface area (Å²) in [5.41, 5.74) is -3.11. The number of ketones is 1. The third-order valence-corrected chi connectivity index (χ3v) is 5.43. The molecule has 120 valence electrons. The monoisotopic (exact) mass is 370 g/mol. The van der Waals surface area contributed by atoms with E-state index in [0.717, 1.165) is 0 Å². The minimum Gasteiger partial charge on any atom is -0.459 e. The van der Waals surface area contributed by atoms with Crippen LogP contribution in [-0.4, -0.2) is 28.9 Å². The van der Waals surface area contributed by atoms with Crippen molar-refractivity contribution in [2.75, 3.05) is 0 Å². The Labute approximate surface area is 137 Å². The number of ether oxygens (including phenoxy) is 2. The van der Waals surface area contributed by atoms with E-state index in [2.05, 4.69) is 15.9 Å². The van der Waals surface area contributed by atoms with Crippen molar-refractivity contribution in [1.82, 2.24) is 0 Å². The first-order chi connectivity index (χ1) is 9.98. The van der Waals surface area contributed by atoms with Gasteiger partial charge in [-0.05, 0) is 48.7 Å². The molecule has 1 heterocycles. The van der Waals surface area contributed by atoms with E-state index in [1.165, 1.54) is 0 Å². The van der Waals surface area contributed by atoms with Gasteiger partial charge in [0.2, 0.25) is 0 Å². The molecule has 0 aromatic carbocycles. The average molecular weight is 371 g/mol. The quantitative estimate of drug-likeness (QED) is 0.551. The van der Waals surface area contributed by atoms with Crippen molar-refractivity contribution in [2.45, 2.75) is 45.8 Å². The van der Waals surface area contributed by atoms with E-state index in [1.807, 2.05) is 13.8 Å². The van der Waals surface area contributed by atoms with Gasteiger partial charge in [0, 0.05) is 5.92 Å². The fraction of sp³-hybridized carbons (Fsp3) is 0.688. The third-order valence-electron chi connectivity index (χ3n) is 4.81. The molecule has 0 aromatic heterocycles. The predicted octanol–water partition coefficient (Wildman–Crippen LogP) is 2.37. The van der Waals surface area contributed by atoms with E-state index in [-0.39, 0.29) is 11.7 Å². The van der Waals surface area contributed by atoms with Gasteiger partial charge in [-0.3, -0.25) is 14.4 Å². The fourth-order valence-corrected chi connectivity index (χ4v) is 4.41. The van der Waals surface area contributed by atoms with Gasteiger partial charge in [-0.1, -0.05) is 13.8 Å². The molecule has 2 fully saturated rings. The Morgan fingerprint density at radius 1 is 1.36 bits per heavy atom. The molecule has 0 spiro atoms. The second kappa shape index (κ2) is 4.22. The van der Waals surface area contributed by atoms with Crippen LogP contribution in [0.25, 0.3) is 0 Å². The maximum absolute atomic E-state index is 12.7. The van der Waals surface area contributed by atoms with Gasteiger partial charge in [-0.15, -0.1) is 0 Å². The predicted molar refractivity (Wildman–Crippen MR) is 80.9 cm³/mol. The number of hydrogen-bond donors (Lipinski definition) is 0. The molecule has 0 aromatic rings. The number of fused-ring (bicyclic) bond motifs is 1. The topological polar surface area (TPSA) is 69.7 Å². The fourth-order valence-electron chi connectivity index (χ4n) is 3.81. The van der Waals surface area contributed by atoms with E-state index in [4.69, 9.17) is 9.47 Å². The van der Waals surface area contributed by atoms with Gasteiger partial charge in [-0.2, -0.15) is 0 Å². The molecule has 0 bridgehead atoms. The molecular weight excluding hydrogens is 352 g/mol. The van der Waals surface area contributed by atoms with Crippen molar-refractivity contribution in [1.29, 1.82) is 0 Å². The minimum absolute atomic E-state index is 0.0450. The number of carbonyl (C=O) groups is 3. The van der Waals surface area contributed by atoms with Crippen LogP contribution in [0, 0.1) is 23.2 Å². The summed E-state index contributed by atoms with van der Waals surface area (Å²) in [6, 6.07) is 0. The van der Waals surface area contributed by atoms with E-state index in [1.54, 1.807) is 26.8 Å². The van der Waals surface area contributed by atoms with Crippen LogP contribution in [0.2, 0.25) is 0 Å². The molecule has 1 aliphatic heterocycles. The first-order valence-corrected chi connectivity index (χ1v) is 8.17. The van der Waals surface area contributed by atoms with Crippen LogP contribution in [0.15, 0.2) is 10.6 Å². The van der Waals surface area contributed by atoms with E-state index >= 15 is 0 Å². The van der Waals surface area contributed by atoms with E-state index in [9.17, 15) is 14.4 Å². The van der Waals surface area contributed by atoms with E-state index in [0.29, 0.717) is 4.48 Å². The van der Waals surface area contributed by atoms with Crippen molar-refractivity contribution in [3.05, 3.63) is 10.6 Å². The van der Waals surface area contributed by atoms with Gasteiger partial charge < -0.3 is 9.47 Å². The molecule has 6 heteroatoms. The summed E-state index contributed by atoms with van der Waals surface area (Å²) in [5, 5.41) is 0. The Morgan fingerprint density at radius 3 is 2.45 bits per heavy atom. The van der Waals surface area contributed by atoms with Crippen molar-refractivity contribution in [2.24, 2.45) is 23.2 Å². The smallest absolute Gasteiger partial charge is 0.325 e. The highest BCUT2D eigenvalue weighted by Crippen LogP contribution is 2.74. The number of hydrogen-bond acceptors (Lipinski definition) is 5. The Bertz CT molecular complexity index is 629. The molecule has 22 heavy (non-hydrogen) atoms. The highest BCUT2D eigenvalue weighted by Gasteiger charge is 2.90. The van der Waals surface area contributed by atoms with Gasteiger partial charge in [0.05, 0.1) is 10.4 Å². The summed E-state index contributed by atoms with van der Waals surface area (Å²) in [6.07, 6.45) is 1.65. The summed E-state index contributed by atoms with van der Waals surface area (Å²) < 4.78 is 11.4. The molecule has 3 aliphatic rings. The van der Waals surface area contributed by atoms with Crippen LogP contribution in [0.5, 0.6) is 0 Å². The second-order valence-corrected chi connectivity index (χ2v) is 8.43. The van der Waals surface area contributed by atoms with Crippen molar-refractivity contribution in [3.63, 3.8) is 0 Å². The van der Waals surface area contributed by atoms with E-state index < -0.39 is 40.4 Å². The first-order valence-electron chi connectivity index (χ1n) is 7.38. The summed E-state index contributed by atoms with van der Waals surface area (Å²) in [7, 11) is 0. The first kappa shape index (κ1) is 15.7. The molecule has 5 nitrogen and oxygen atoms in total. The third kappa shape index (κ3) is 1.67. The lowest BCUT2D eigenvalue weighted by Crippen LogP contribution is -2.43. The van der Waals surface area contributed by atoms with Gasteiger partial charge in [-0.25, -0.2) is 0 Å². The van der Waals surface area contributed by atoms with Gasteiger partial charge >= 0.3 is 11.9 Å². The number of Topliss-reactive ketones (excluding diaryl/α,β-unsaturated/α-hetero) is 1. The molecule has 0 radical (unpaired) electrons. The summed E-state index contributed by atoms with van der Waals surface area (Å²) in [5.74, 6) is -2.68. The Morgan fingerprint density at radius 2 is 1.95 bits per heavy atom. The highest BCUT2D eigenvalue weighted by molar-refractivity contribution is 9.12. The Hall–Kier alpha value is -1.17. The molecule has 2 aliphatic carbocycles. The lowest BCUT2D eigenvalue weighted by Gasteiger charge is -2.34. The van der Waals surface area contributed by atoms with Crippen LogP contribution < -0.4 is 0 Å². The number of carbonyl (C=O) groups excluding carboxylic acids is 3. The maximum Gasteiger partial charge on any atom is 0.325 e. The van der Waals surface area contributed by atoms with Crippen LogP contribution in [-0.2, 0) is 23.9 Å². The maximum atomic E-state index is 12.7. The van der Waals surface area contributed by atoms with Crippen molar-refractivity contribution >= 4 is 33.7 Å².